The van der Waals surface area contributed by atoms with Crippen LogP contribution in [0.1, 0.15) is 45.4 Å². The van der Waals surface area contributed by atoms with Crippen molar-refractivity contribution in [2.75, 3.05) is 13.7 Å². The summed E-state index contributed by atoms with van der Waals surface area (Å²) in [7, 11) is 1.74. The second kappa shape index (κ2) is 6.50. The van der Waals surface area contributed by atoms with Gasteiger partial charge >= 0.3 is 0 Å². The molecule has 1 fully saturated rings. The Morgan fingerprint density at radius 3 is 2.83 bits per heavy atom. The van der Waals surface area contributed by atoms with Gasteiger partial charge in [0, 0.05) is 19.8 Å². The quantitative estimate of drug-likeness (QED) is 0.683. The summed E-state index contributed by atoms with van der Waals surface area (Å²) < 4.78 is 5.13. The van der Waals surface area contributed by atoms with Crippen molar-refractivity contribution in [1.29, 1.82) is 0 Å². The Morgan fingerprint density at radius 2 is 2.22 bits per heavy atom. The van der Waals surface area contributed by atoms with E-state index in [0.29, 0.717) is 6.04 Å². The van der Waals surface area contributed by atoms with E-state index in [2.05, 4.69) is 18.3 Å². The normalized spacial score (nSPS) is 22.1. The molecular weight excluding hydrogens is 226 g/mol. The molecule has 2 rings (SSSR count). The fraction of sp³-hybridized carbons (Fsp3) is 0.733. The predicted molar refractivity (Wildman–Crippen MR) is 73.3 cm³/mol. The molecule has 0 saturated heterocycles. The lowest BCUT2D eigenvalue weighted by Gasteiger charge is -2.24. The summed E-state index contributed by atoms with van der Waals surface area (Å²) >= 11 is 0. The summed E-state index contributed by atoms with van der Waals surface area (Å²) in [6.07, 6.45) is 8.33. The first-order valence-corrected chi connectivity index (χ1v) is 7.09. The van der Waals surface area contributed by atoms with Crippen LogP contribution in [0, 0.1) is 0 Å². The summed E-state index contributed by atoms with van der Waals surface area (Å²) in [5.74, 6) is 0. The molecule has 0 aliphatic heterocycles. The van der Waals surface area contributed by atoms with E-state index in [4.69, 9.17) is 4.74 Å². The Labute approximate surface area is 110 Å². The minimum absolute atomic E-state index is 0.481. The first kappa shape index (κ1) is 13.8. The minimum atomic E-state index is -0.481. The molecule has 18 heavy (non-hydrogen) atoms. The third kappa shape index (κ3) is 3.67. The molecule has 2 N–H and O–H groups in total. The van der Waals surface area contributed by atoms with Crippen LogP contribution in [0.2, 0.25) is 0 Å². The number of aliphatic hydroxyl groups is 1. The molecule has 0 aromatic carbocycles. The Kier molecular flexibility index (Phi) is 4.98. The van der Waals surface area contributed by atoms with Gasteiger partial charge in [0.25, 0.3) is 0 Å². The van der Waals surface area contributed by atoms with E-state index in [9.17, 15) is 5.11 Å². The molecule has 0 aromatic heterocycles. The van der Waals surface area contributed by atoms with Crippen LogP contribution in [0.25, 0.3) is 0 Å². The van der Waals surface area contributed by atoms with Crippen molar-refractivity contribution in [2.24, 2.45) is 0 Å². The highest BCUT2D eigenvalue weighted by Gasteiger charge is 2.26. The summed E-state index contributed by atoms with van der Waals surface area (Å²) in [6, 6.07) is 0.531. The van der Waals surface area contributed by atoms with E-state index < -0.39 is 6.23 Å². The first-order chi connectivity index (χ1) is 8.74. The lowest BCUT2D eigenvalue weighted by molar-refractivity contribution is 0.171. The molecule has 0 spiro atoms. The zero-order valence-corrected chi connectivity index (χ0v) is 11.5. The van der Waals surface area contributed by atoms with Gasteiger partial charge in [0.1, 0.15) is 6.23 Å². The molecule has 0 aromatic rings. The SMILES string of the molecule is CCC1=C(C(O)NC2CC2)C=C(CCOC)CC1. The number of hydrogen-bond acceptors (Lipinski definition) is 3. The topological polar surface area (TPSA) is 41.5 Å². The third-order valence-corrected chi connectivity index (χ3v) is 3.84. The molecule has 2 aliphatic carbocycles. The predicted octanol–water partition coefficient (Wildman–Crippen LogP) is 2.52. The van der Waals surface area contributed by atoms with E-state index >= 15 is 0 Å². The molecular formula is C15H25NO2. The molecule has 102 valence electrons. The maximum atomic E-state index is 10.3. The van der Waals surface area contributed by atoms with Crippen LogP contribution < -0.4 is 5.32 Å². The first-order valence-electron chi connectivity index (χ1n) is 7.09. The standard InChI is InChI=1S/C15H25NO2/c1-3-12-5-4-11(8-9-18-2)10-14(12)15(17)16-13-6-7-13/h10,13,15-17H,3-9H2,1-2H3. The van der Waals surface area contributed by atoms with E-state index in [-0.39, 0.29) is 0 Å². The van der Waals surface area contributed by atoms with Gasteiger partial charge in [-0.3, -0.25) is 5.32 Å². The summed E-state index contributed by atoms with van der Waals surface area (Å²) in [5.41, 5.74) is 3.92. The van der Waals surface area contributed by atoms with Gasteiger partial charge in [-0.15, -0.1) is 0 Å². The maximum Gasteiger partial charge on any atom is 0.131 e. The molecule has 1 saturated carbocycles. The number of methoxy groups -OCH3 is 1. The second-order valence-corrected chi connectivity index (χ2v) is 5.30. The number of hydrogen-bond donors (Lipinski definition) is 2. The maximum absolute atomic E-state index is 10.3. The van der Waals surface area contributed by atoms with Crippen molar-refractivity contribution in [1.82, 2.24) is 5.32 Å². The van der Waals surface area contributed by atoms with E-state index in [1.54, 1.807) is 7.11 Å². The molecule has 0 radical (unpaired) electrons. The Morgan fingerprint density at radius 1 is 1.44 bits per heavy atom. The average Bonchev–Trinajstić information content (AvgIpc) is 3.19. The van der Waals surface area contributed by atoms with Gasteiger partial charge in [-0.1, -0.05) is 24.1 Å². The van der Waals surface area contributed by atoms with Gasteiger partial charge in [0.15, 0.2) is 0 Å². The molecule has 0 heterocycles. The van der Waals surface area contributed by atoms with Gasteiger partial charge in [-0.25, -0.2) is 0 Å². The number of allylic oxidation sites excluding steroid dienone is 1. The fourth-order valence-electron chi connectivity index (χ4n) is 2.50. The molecule has 3 heteroatoms. The van der Waals surface area contributed by atoms with Gasteiger partial charge in [0.2, 0.25) is 0 Å². The third-order valence-electron chi connectivity index (χ3n) is 3.84. The number of ether oxygens (including phenoxy) is 1. The highest BCUT2D eigenvalue weighted by Crippen LogP contribution is 2.30. The Balaban J connectivity index is 2.04. The molecule has 1 atom stereocenters. The van der Waals surface area contributed by atoms with Crippen LogP contribution in [0.4, 0.5) is 0 Å². The largest absolute Gasteiger partial charge is 0.384 e. The average molecular weight is 251 g/mol. The van der Waals surface area contributed by atoms with Crippen LogP contribution in [-0.4, -0.2) is 31.1 Å². The van der Waals surface area contributed by atoms with E-state index in [1.165, 1.54) is 24.0 Å². The van der Waals surface area contributed by atoms with Crippen LogP contribution >= 0.6 is 0 Å². The lowest BCUT2D eigenvalue weighted by atomic mass is 9.88. The van der Waals surface area contributed by atoms with Crippen molar-refractivity contribution in [3.05, 3.63) is 22.8 Å². The number of rotatable bonds is 7. The fourth-order valence-corrected chi connectivity index (χ4v) is 2.50. The molecule has 3 nitrogen and oxygen atoms in total. The summed E-state index contributed by atoms with van der Waals surface area (Å²) in [4.78, 5) is 0. The molecule has 1 unspecified atom stereocenters. The van der Waals surface area contributed by atoms with Crippen molar-refractivity contribution < 1.29 is 9.84 Å². The van der Waals surface area contributed by atoms with Crippen LogP contribution in [0.3, 0.4) is 0 Å². The van der Waals surface area contributed by atoms with Crippen molar-refractivity contribution in [2.45, 2.75) is 57.7 Å². The van der Waals surface area contributed by atoms with Crippen molar-refractivity contribution in [3.63, 3.8) is 0 Å². The van der Waals surface area contributed by atoms with Gasteiger partial charge in [-0.05, 0) is 44.1 Å². The van der Waals surface area contributed by atoms with Crippen LogP contribution in [0.15, 0.2) is 22.8 Å². The minimum Gasteiger partial charge on any atom is -0.384 e. The zero-order chi connectivity index (χ0) is 13.0. The summed E-state index contributed by atoms with van der Waals surface area (Å²) in [5, 5.41) is 13.6. The van der Waals surface area contributed by atoms with E-state index in [0.717, 1.165) is 37.9 Å². The highest BCUT2D eigenvalue weighted by atomic mass is 16.5. The van der Waals surface area contributed by atoms with E-state index in [1.807, 2.05) is 0 Å². The second-order valence-electron chi connectivity index (χ2n) is 5.30. The van der Waals surface area contributed by atoms with Crippen LogP contribution in [-0.2, 0) is 4.74 Å². The smallest absolute Gasteiger partial charge is 0.131 e. The van der Waals surface area contributed by atoms with Crippen molar-refractivity contribution >= 4 is 0 Å². The summed E-state index contributed by atoms with van der Waals surface area (Å²) in [6.45, 7) is 2.94. The van der Waals surface area contributed by atoms with Gasteiger partial charge in [-0.2, -0.15) is 0 Å². The van der Waals surface area contributed by atoms with Gasteiger partial charge < -0.3 is 9.84 Å². The molecule has 0 amide bonds. The number of nitrogens with one attached hydrogen (secondary N) is 1. The van der Waals surface area contributed by atoms with Crippen molar-refractivity contribution in [3.8, 4) is 0 Å². The molecule has 0 bridgehead atoms. The van der Waals surface area contributed by atoms with Gasteiger partial charge in [0.05, 0.1) is 0 Å². The number of aliphatic hydroxyl groups excluding tert-OH is 1. The Bertz CT molecular complexity index is 342. The monoisotopic (exact) mass is 251 g/mol. The lowest BCUT2D eigenvalue weighted by Crippen LogP contribution is -2.33. The Hall–Kier alpha value is -0.640. The van der Waals surface area contributed by atoms with Crippen LogP contribution in [0.5, 0.6) is 0 Å². The molecule has 2 aliphatic rings. The highest BCUT2D eigenvalue weighted by molar-refractivity contribution is 5.36. The zero-order valence-electron chi connectivity index (χ0n) is 11.5.